The third-order valence-corrected chi connectivity index (χ3v) is 1.87. The molecular formula is C9H12ClNO. The minimum Gasteiger partial charge on any atom is -0.391 e. The van der Waals surface area contributed by atoms with Gasteiger partial charge in [-0.3, -0.25) is 0 Å². The van der Waals surface area contributed by atoms with Crippen molar-refractivity contribution < 1.29 is 5.11 Å². The molecule has 0 saturated heterocycles. The Morgan fingerprint density at radius 2 is 2.25 bits per heavy atom. The second-order valence-corrected chi connectivity index (χ2v) is 3.16. The molecule has 2 nitrogen and oxygen atoms in total. The highest BCUT2D eigenvalue weighted by atomic mass is 35.5. The SMILES string of the molecule is NC[C@H](O)Cc1cccc(Cl)c1. The van der Waals surface area contributed by atoms with E-state index >= 15 is 0 Å². The third-order valence-electron chi connectivity index (χ3n) is 1.63. The van der Waals surface area contributed by atoms with E-state index in [-0.39, 0.29) is 6.54 Å². The van der Waals surface area contributed by atoms with Crippen LogP contribution in [0.5, 0.6) is 0 Å². The lowest BCUT2D eigenvalue weighted by molar-refractivity contribution is 0.183. The number of hydrogen-bond donors (Lipinski definition) is 2. The maximum atomic E-state index is 9.23. The fraction of sp³-hybridized carbons (Fsp3) is 0.333. The van der Waals surface area contributed by atoms with Crippen molar-refractivity contribution in [2.45, 2.75) is 12.5 Å². The highest BCUT2D eigenvalue weighted by Gasteiger charge is 2.02. The first-order valence-corrected chi connectivity index (χ1v) is 4.22. The van der Waals surface area contributed by atoms with E-state index in [0.29, 0.717) is 11.4 Å². The summed E-state index contributed by atoms with van der Waals surface area (Å²) in [6.45, 7) is 0.284. The van der Waals surface area contributed by atoms with Crippen molar-refractivity contribution in [3.05, 3.63) is 34.9 Å². The van der Waals surface area contributed by atoms with Gasteiger partial charge in [0.25, 0.3) is 0 Å². The molecule has 0 spiro atoms. The first kappa shape index (κ1) is 9.52. The first-order valence-electron chi connectivity index (χ1n) is 3.85. The third kappa shape index (κ3) is 2.81. The predicted octanol–water partition coefficient (Wildman–Crippen LogP) is 1.20. The standard InChI is InChI=1S/C9H12ClNO/c10-8-3-1-2-7(4-8)5-9(12)6-11/h1-4,9,12H,5-6,11H2/t9-/m1/s1. The molecule has 1 aromatic rings. The second-order valence-electron chi connectivity index (χ2n) is 2.72. The van der Waals surface area contributed by atoms with Crippen molar-refractivity contribution in [1.82, 2.24) is 0 Å². The average Bonchev–Trinajstić information content (AvgIpc) is 2.04. The molecule has 3 heteroatoms. The average molecular weight is 186 g/mol. The van der Waals surface area contributed by atoms with Crippen LogP contribution in [-0.4, -0.2) is 17.8 Å². The molecule has 12 heavy (non-hydrogen) atoms. The molecule has 0 aliphatic carbocycles. The van der Waals surface area contributed by atoms with Gasteiger partial charge in [-0.25, -0.2) is 0 Å². The Balaban J connectivity index is 2.63. The molecule has 0 bridgehead atoms. The van der Waals surface area contributed by atoms with Crippen LogP contribution in [0.1, 0.15) is 5.56 Å². The molecule has 66 valence electrons. The van der Waals surface area contributed by atoms with E-state index in [1.165, 1.54) is 0 Å². The van der Waals surface area contributed by atoms with Crippen LogP contribution in [0, 0.1) is 0 Å². The maximum Gasteiger partial charge on any atom is 0.0702 e. The summed E-state index contributed by atoms with van der Waals surface area (Å²) in [5.41, 5.74) is 6.29. The van der Waals surface area contributed by atoms with Gasteiger partial charge in [-0.05, 0) is 24.1 Å². The van der Waals surface area contributed by atoms with Crippen molar-refractivity contribution in [3.8, 4) is 0 Å². The number of aliphatic hydroxyl groups excluding tert-OH is 1. The van der Waals surface area contributed by atoms with Crippen LogP contribution in [0.25, 0.3) is 0 Å². The lowest BCUT2D eigenvalue weighted by Gasteiger charge is -2.06. The number of aliphatic hydroxyl groups is 1. The quantitative estimate of drug-likeness (QED) is 0.744. The van der Waals surface area contributed by atoms with E-state index in [1.54, 1.807) is 6.07 Å². The van der Waals surface area contributed by atoms with Crippen LogP contribution in [0.15, 0.2) is 24.3 Å². The minimum absolute atomic E-state index is 0.284. The van der Waals surface area contributed by atoms with Gasteiger partial charge in [0, 0.05) is 11.6 Å². The Bertz CT molecular complexity index is 252. The number of benzene rings is 1. The van der Waals surface area contributed by atoms with Crippen LogP contribution < -0.4 is 5.73 Å². The molecule has 0 aliphatic rings. The Hall–Kier alpha value is -0.570. The monoisotopic (exact) mass is 185 g/mol. The van der Waals surface area contributed by atoms with Crippen LogP contribution >= 0.6 is 11.6 Å². The molecule has 0 fully saturated rings. The van der Waals surface area contributed by atoms with Gasteiger partial charge in [-0.1, -0.05) is 23.7 Å². The molecule has 3 N–H and O–H groups in total. The minimum atomic E-state index is -0.469. The zero-order valence-electron chi connectivity index (χ0n) is 6.70. The lowest BCUT2D eigenvalue weighted by atomic mass is 10.1. The van der Waals surface area contributed by atoms with Crippen molar-refractivity contribution in [2.24, 2.45) is 5.73 Å². The van der Waals surface area contributed by atoms with Gasteiger partial charge in [-0.15, -0.1) is 0 Å². The van der Waals surface area contributed by atoms with Gasteiger partial charge in [0.2, 0.25) is 0 Å². The van der Waals surface area contributed by atoms with E-state index in [9.17, 15) is 5.11 Å². The highest BCUT2D eigenvalue weighted by Crippen LogP contribution is 2.11. The van der Waals surface area contributed by atoms with Crippen LogP contribution in [0.2, 0.25) is 5.02 Å². The summed E-state index contributed by atoms with van der Waals surface area (Å²) in [7, 11) is 0. The van der Waals surface area contributed by atoms with Gasteiger partial charge >= 0.3 is 0 Å². The van der Waals surface area contributed by atoms with E-state index < -0.39 is 6.10 Å². The molecule has 0 aromatic heterocycles. The molecular weight excluding hydrogens is 174 g/mol. The summed E-state index contributed by atoms with van der Waals surface area (Å²) < 4.78 is 0. The van der Waals surface area contributed by atoms with E-state index in [1.807, 2.05) is 18.2 Å². The molecule has 0 saturated carbocycles. The molecule has 1 atom stereocenters. The van der Waals surface area contributed by atoms with Gasteiger partial charge in [0.1, 0.15) is 0 Å². The Morgan fingerprint density at radius 1 is 1.50 bits per heavy atom. The molecule has 1 rings (SSSR count). The Morgan fingerprint density at radius 3 is 2.83 bits per heavy atom. The van der Waals surface area contributed by atoms with Crippen LogP contribution in [-0.2, 0) is 6.42 Å². The summed E-state index contributed by atoms with van der Waals surface area (Å²) in [5, 5.41) is 9.93. The highest BCUT2D eigenvalue weighted by molar-refractivity contribution is 6.30. The van der Waals surface area contributed by atoms with Gasteiger partial charge in [0.05, 0.1) is 6.10 Å². The Labute approximate surface area is 77.0 Å². The van der Waals surface area contributed by atoms with Crippen LogP contribution in [0.4, 0.5) is 0 Å². The van der Waals surface area contributed by atoms with E-state index in [0.717, 1.165) is 5.56 Å². The number of hydrogen-bond acceptors (Lipinski definition) is 2. The summed E-state index contributed by atoms with van der Waals surface area (Å²) >= 11 is 5.76. The van der Waals surface area contributed by atoms with Crippen LogP contribution in [0.3, 0.4) is 0 Å². The van der Waals surface area contributed by atoms with Gasteiger partial charge in [0.15, 0.2) is 0 Å². The molecule has 0 heterocycles. The topological polar surface area (TPSA) is 46.2 Å². The summed E-state index contributed by atoms with van der Waals surface area (Å²) in [6.07, 6.45) is 0.0975. The molecule has 1 aromatic carbocycles. The van der Waals surface area contributed by atoms with Crippen molar-refractivity contribution in [2.75, 3.05) is 6.54 Å². The predicted molar refractivity (Wildman–Crippen MR) is 50.2 cm³/mol. The Kier molecular flexibility index (Phi) is 3.53. The first-order chi connectivity index (χ1) is 5.72. The molecule has 0 unspecified atom stereocenters. The normalized spacial score (nSPS) is 12.9. The van der Waals surface area contributed by atoms with Crippen molar-refractivity contribution >= 4 is 11.6 Å². The largest absolute Gasteiger partial charge is 0.391 e. The molecule has 0 radical (unpaired) electrons. The van der Waals surface area contributed by atoms with E-state index in [4.69, 9.17) is 17.3 Å². The molecule has 0 aliphatic heterocycles. The fourth-order valence-electron chi connectivity index (χ4n) is 1.02. The number of nitrogens with two attached hydrogens (primary N) is 1. The number of rotatable bonds is 3. The summed E-state index contributed by atoms with van der Waals surface area (Å²) in [5.74, 6) is 0. The smallest absolute Gasteiger partial charge is 0.0702 e. The van der Waals surface area contributed by atoms with Gasteiger partial charge in [-0.2, -0.15) is 0 Å². The van der Waals surface area contributed by atoms with E-state index in [2.05, 4.69) is 0 Å². The fourth-order valence-corrected chi connectivity index (χ4v) is 1.23. The summed E-state index contributed by atoms with van der Waals surface area (Å²) in [6, 6.07) is 7.42. The number of halogens is 1. The molecule has 0 amide bonds. The zero-order valence-corrected chi connectivity index (χ0v) is 7.46. The maximum absolute atomic E-state index is 9.23. The second kappa shape index (κ2) is 4.45. The lowest BCUT2D eigenvalue weighted by Crippen LogP contribution is -2.21. The zero-order chi connectivity index (χ0) is 8.97. The summed E-state index contributed by atoms with van der Waals surface area (Å²) in [4.78, 5) is 0. The van der Waals surface area contributed by atoms with Gasteiger partial charge < -0.3 is 10.8 Å². The van der Waals surface area contributed by atoms with Crippen molar-refractivity contribution in [1.29, 1.82) is 0 Å². The van der Waals surface area contributed by atoms with Crippen molar-refractivity contribution in [3.63, 3.8) is 0 Å².